The number of aromatic nitrogens is 3. The maximum atomic E-state index is 12.8. The number of fused-ring (bicyclic) bond motifs is 1. The van der Waals surface area contributed by atoms with Gasteiger partial charge in [0.2, 0.25) is 5.91 Å². The van der Waals surface area contributed by atoms with Gasteiger partial charge in [-0.3, -0.25) is 4.79 Å². The number of hydrogen-bond acceptors (Lipinski definition) is 5. The van der Waals surface area contributed by atoms with E-state index in [1.165, 1.54) is 0 Å². The molecule has 0 saturated carbocycles. The summed E-state index contributed by atoms with van der Waals surface area (Å²) in [4.78, 5) is 26.3. The summed E-state index contributed by atoms with van der Waals surface area (Å²) in [5.74, 6) is 6.19. The third kappa shape index (κ3) is 3.37. The first-order valence-corrected chi connectivity index (χ1v) is 8.91. The molecular weight excluding hydrogens is 357 g/mol. The fraction of sp³-hybridized carbons (Fsp3) is 0.238. The summed E-state index contributed by atoms with van der Waals surface area (Å²) >= 11 is 0. The standard InChI is InChI=1S/C21H18FN5O/c1-27-10-9-14(21(27)28)6-5-13-3-2-4-15(11-13)16-7-8-17-19(25-16)20(23)26-18(12-22)24-17/h2-4,7-8,11,14H,9-10,12H2,1H3,(H2,23,24,26). The van der Waals surface area contributed by atoms with Gasteiger partial charge in [-0.25, -0.2) is 19.3 Å². The zero-order chi connectivity index (χ0) is 19.7. The van der Waals surface area contributed by atoms with E-state index >= 15 is 0 Å². The van der Waals surface area contributed by atoms with Gasteiger partial charge in [0.05, 0.1) is 11.2 Å². The van der Waals surface area contributed by atoms with Crippen LogP contribution in [0.25, 0.3) is 22.3 Å². The van der Waals surface area contributed by atoms with E-state index in [2.05, 4.69) is 26.8 Å². The van der Waals surface area contributed by atoms with Crippen LogP contribution >= 0.6 is 0 Å². The van der Waals surface area contributed by atoms with Crippen LogP contribution in [0.4, 0.5) is 10.2 Å². The Balaban J connectivity index is 1.66. The van der Waals surface area contributed by atoms with Crippen LogP contribution < -0.4 is 5.73 Å². The Hall–Kier alpha value is -3.53. The zero-order valence-electron chi connectivity index (χ0n) is 15.3. The topological polar surface area (TPSA) is 85.0 Å². The first kappa shape index (κ1) is 17.9. The average molecular weight is 375 g/mol. The highest BCUT2D eigenvalue weighted by Gasteiger charge is 2.27. The lowest BCUT2D eigenvalue weighted by Crippen LogP contribution is -2.21. The number of rotatable bonds is 2. The molecule has 1 atom stereocenters. The van der Waals surface area contributed by atoms with E-state index in [-0.39, 0.29) is 23.5 Å². The first-order chi connectivity index (χ1) is 13.5. The van der Waals surface area contributed by atoms with Crippen LogP contribution in [0.1, 0.15) is 17.8 Å². The van der Waals surface area contributed by atoms with Gasteiger partial charge >= 0.3 is 0 Å². The van der Waals surface area contributed by atoms with Crippen molar-refractivity contribution in [2.24, 2.45) is 5.92 Å². The smallest absolute Gasteiger partial charge is 0.237 e. The third-order valence-corrected chi connectivity index (χ3v) is 4.71. The minimum Gasteiger partial charge on any atom is -0.382 e. The highest BCUT2D eigenvalue weighted by atomic mass is 19.1. The maximum absolute atomic E-state index is 12.8. The van der Waals surface area contributed by atoms with Crippen LogP contribution in [0.5, 0.6) is 0 Å². The summed E-state index contributed by atoms with van der Waals surface area (Å²) in [6.07, 6.45) is 0.758. The summed E-state index contributed by atoms with van der Waals surface area (Å²) in [6, 6.07) is 11.2. The Morgan fingerprint density at radius 3 is 2.86 bits per heavy atom. The lowest BCUT2D eigenvalue weighted by Gasteiger charge is -2.06. The van der Waals surface area contributed by atoms with E-state index < -0.39 is 6.67 Å². The summed E-state index contributed by atoms with van der Waals surface area (Å²) < 4.78 is 12.8. The SMILES string of the molecule is CN1CCC(C#Cc2cccc(-c3ccc4nc(CF)nc(N)c4n3)c2)C1=O. The predicted octanol–water partition coefficient (Wildman–Crippen LogP) is 2.57. The fourth-order valence-corrected chi connectivity index (χ4v) is 3.19. The molecule has 2 N–H and O–H groups in total. The molecule has 0 aliphatic carbocycles. The maximum Gasteiger partial charge on any atom is 0.237 e. The van der Waals surface area contributed by atoms with Gasteiger partial charge in [0.25, 0.3) is 0 Å². The average Bonchev–Trinajstić information content (AvgIpc) is 3.04. The molecule has 1 amide bonds. The molecule has 1 fully saturated rings. The van der Waals surface area contributed by atoms with Crippen molar-refractivity contribution < 1.29 is 9.18 Å². The van der Waals surface area contributed by atoms with Crippen molar-refractivity contribution in [3.8, 4) is 23.1 Å². The molecule has 28 heavy (non-hydrogen) atoms. The van der Waals surface area contributed by atoms with Crippen molar-refractivity contribution in [1.29, 1.82) is 0 Å². The second-order valence-electron chi connectivity index (χ2n) is 6.67. The number of carbonyl (C=O) groups excluding carboxylic acids is 1. The number of nitrogen functional groups attached to an aromatic ring is 1. The van der Waals surface area contributed by atoms with Crippen molar-refractivity contribution in [1.82, 2.24) is 19.9 Å². The molecular formula is C21H18FN5O. The second-order valence-corrected chi connectivity index (χ2v) is 6.67. The first-order valence-electron chi connectivity index (χ1n) is 8.91. The Morgan fingerprint density at radius 2 is 2.11 bits per heavy atom. The molecule has 140 valence electrons. The van der Waals surface area contributed by atoms with Gasteiger partial charge in [0, 0.05) is 24.7 Å². The molecule has 1 aliphatic rings. The molecule has 0 radical (unpaired) electrons. The molecule has 1 aliphatic heterocycles. The number of hydrogen-bond donors (Lipinski definition) is 1. The summed E-state index contributed by atoms with van der Waals surface area (Å²) in [5, 5.41) is 0. The largest absolute Gasteiger partial charge is 0.382 e. The number of halogens is 1. The molecule has 0 spiro atoms. The number of nitrogens with zero attached hydrogens (tertiary/aromatic N) is 4. The Morgan fingerprint density at radius 1 is 1.25 bits per heavy atom. The van der Waals surface area contributed by atoms with E-state index in [4.69, 9.17) is 5.73 Å². The number of pyridine rings is 1. The normalized spacial score (nSPS) is 16.3. The van der Waals surface area contributed by atoms with Crippen LogP contribution in [0.3, 0.4) is 0 Å². The van der Waals surface area contributed by atoms with Crippen molar-refractivity contribution in [3.05, 3.63) is 47.8 Å². The lowest BCUT2D eigenvalue weighted by molar-refractivity contribution is -0.128. The molecule has 1 aromatic carbocycles. The Kier molecular flexibility index (Phi) is 4.62. The molecule has 7 heteroatoms. The molecule has 6 nitrogen and oxygen atoms in total. The molecule has 3 heterocycles. The van der Waals surface area contributed by atoms with Gasteiger partial charge in [-0.15, -0.1) is 0 Å². The quantitative estimate of drug-likeness (QED) is 0.696. The zero-order valence-corrected chi connectivity index (χ0v) is 15.3. The van der Waals surface area contributed by atoms with E-state index in [9.17, 15) is 9.18 Å². The summed E-state index contributed by atoms with van der Waals surface area (Å²) in [6.45, 7) is -0.0330. The van der Waals surface area contributed by atoms with E-state index in [1.807, 2.05) is 24.3 Å². The van der Waals surface area contributed by atoms with Gasteiger partial charge in [-0.2, -0.15) is 0 Å². The van der Waals surface area contributed by atoms with Gasteiger partial charge in [0.1, 0.15) is 18.1 Å². The minimum atomic E-state index is -0.776. The fourth-order valence-electron chi connectivity index (χ4n) is 3.19. The van der Waals surface area contributed by atoms with Gasteiger partial charge in [-0.1, -0.05) is 24.0 Å². The molecule has 1 unspecified atom stereocenters. The lowest BCUT2D eigenvalue weighted by atomic mass is 10.1. The van der Waals surface area contributed by atoms with Gasteiger partial charge < -0.3 is 10.6 Å². The molecule has 0 bridgehead atoms. The van der Waals surface area contributed by atoms with Crippen LogP contribution in [0.2, 0.25) is 0 Å². The number of likely N-dealkylation sites (tertiary alicyclic amines) is 1. The summed E-state index contributed by atoms with van der Waals surface area (Å²) in [5.41, 5.74) is 9.21. The monoisotopic (exact) mass is 375 g/mol. The van der Waals surface area contributed by atoms with Crippen molar-refractivity contribution in [2.45, 2.75) is 13.1 Å². The highest BCUT2D eigenvalue weighted by molar-refractivity contribution is 5.86. The predicted molar refractivity (Wildman–Crippen MR) is 105 cm³/mol. The number of carbonyl (C=O) groups is 1. The number of benzene rings is 1. The van der Waals surface area contributed by atoms with E-state index in [1.54, 1.807) is 24.1 Å². The van der Waals surface area contributed by atoms with Gasteiger partial charge in [0.15, 0.2) is 11.6 Å². The second kappa shape index (κ2) is 7.24. The van der Waals surface area contributed by atoms with Crippen LogP contribution in [-0.4, -0.2) is 39.4 Å². The van der Waals surface area contributed by atoms with Crippen molar-refractivity contribution in [2.75, 3.05) is 19.3 Å². The highest BCUT2D eigenvalue weighted by Crippen LogP contribution is 2.24. The summed E-state index contributed by atoms with van der Waals surface area (Å²) in [7, 11) is 1.79. The van der Waals surface area contributed by atoms with Crippen LogP contribution in [0.15, 0.2) is 36.4 Å². The Bertz CT molecular complexity index is 1130. The minimum absolute atomic E-state index is 0.0453. The molecule has 4 rings (SSSR count). The van der Waals surface area contributed by atoms with Crippen LogP contribution in [-0.2, 0) is 11.5 Å². The van der Waals surface area contributed by atoms with E-state index in [0.29, 0.717) is 16.7 Å². The number of nitrogens with two attached hydrogens (primary N) is 1. The third-order valence-electron chi connectivity index (χ3n) is 4.71. The van der Waals surface area contributed by atoms with Crippen molar-refractivity contribution in [3.63, 3.8) is 0 Å². The van der Waals surface area contributed by atoms with Gasteiger partial charge in [-0.05, 0) is 30.7 Å². The van der Waals surface area contributed by atoms with Crippen LogP contribution in [0, 0.1) is 17.8 Å². The van der Waals surface area contributed by atoms with E-state index in [0.717, 1.165) is 24.1 Å². The molecule has 2 aromatic heterocycles. The molecule has 1 saturated heterocycles. The number of anilines is 1. The Labute approximate surface area is 161 Å². The number of amides is 1. The number of alkyl halides is 1. The van der Waals surface area contributed by atoms with Crippen molar-refractivity contribution >= 4 is 22.8 Å². The molecule has 3 aromatic rings.